The predicted octanol–water partition coefficient (Wildman–Crippen LogP) is 0.969. The molecule has 4 nitrogen and oxygen atoms in total. The maximum Gasteiger partial charge on any atom is 0.240 e. The molecule has 0 saturated carbocycles. The van der Waals surface area contributed by atoms with E-state index in [1.165, 1.54) is 12.1 Å². The molecule has 0 unspecified atom stereocenters. The maximum atomic E-state index is 12.2. The van der Waals surface area contributed by atoms with Crippen molar-refractivity contribution in [3.8, 4) is 0 Å². The highest BCUT2D eigenvalue weighted by molar-refractivity contribution is 5.80. The fourth-order valence-electron chi connectivity index (χ4n) is 2.67. The molecule has 1 amide bonds. The van der Waals surface area contributed by atoms with Gasteiger partial charge in [-0.15, -0.1) is 0 Å². The number of likely N-dealkylation sites (N-methyl/N-ethyl adjacent to an activating group) is 1. The van der Waals surface area contributed by atoms with Crippen molar-refractivity contribution < 1.29 is 9.90 Å². The van der Waals surface area contributed by atoms with Crippen LogP contribution < -0.4 is 0 Å². The standard InChI is InChI=1S/C13H22N2O2/c1-2-15(11-5-3-4-6-11)13(17)10-14-8-7-12(16)9-14/h5,12,16H,2-4,6-10H2,1H3/t12-/m1/s1. The monoisotopic (exact) mass is 238 g/mol. The summed E-state index contributed by atoms with van der Waals surface area (Å²) in [5.41, 5.74) is 1.19. The average molecular weight is 238 g/mol. The average Bonchev–Trinajstić information content (AvgIpc) is 2.92. The Labute approximate surface area is 103 Å². The smallest absolute Gasteiger partial charge is 0.240 e. The van der Waals surface area contributed by atoms with Crippen LogP contribution in [0.2, 0.25) is 0 Å². The Kier molecular flexibility index (Phi) is 4.18. The van der Waals surface area contributed by atoms with E-state index in [-0.39, 0.29) is 12.0 Å². The number of hydrogen-bond acceptors (Lipinski definition) is 3. The molecule has 1 atom stereocenters. The summed E-state index contributed by atoms with van der Waals surface area (Å²) >= 11 is 0. The van der Waals surface area contributed by atoms with Gasteiger partial charge in [-0.3, -0.25) is 9.69 Å². The number of allylic oxidation sites excluding steroid dienone is 2. The lowest BCUT2D eigenvalue weighted by molar-refractivity contribution is -0.130. The first kappa shape index (κ1) is 12.6. The lowest BCUT2D eigenvalue weighted by Crippen LogP contribution is -2.39. The van der Waals surface area contributed by atoms with Crippen molar-refractivity contribution in [3.05, 3.63) is 11.8 Å². The van der Waals surface area contributed by atoms with E-state index in [1.54, 1.807) is 0 Å². The number of carbonyl (C=O) groups is 1. The number of hydrogen-bond donors (Lipinski definition) is 1. The van der Waals surface area contributed by atoms with Crippen LogP contribution in [0.4, 0.5) is 0 Å². The third kappa shape index (κ3) is 3.07. The molecular formula is C13H22N2O2. The van der Waals surface area contributed by atoms with Crippen molar-refractivity contribution in [1.29, 1.82) is 0 Å². The van der Waals surface area contributed by atoms with Gasteiger partial charge in [0.15, 0.2) is 0 Å². The number of likely N-dealkylation sites (tertiary alicyclic amines) is 1. The number of amides is 1. The lowest BCUT2D eigenvalue weighted by Gasteiger charge is -2.25. The third-order valence-corrected chi connectivity index (χ3v) is 3.59. The first-order valence-electron chi connectivity index (χ1n) is 6.60. The highest BCUT2D eigenvalue weighted by atomic mass is 16.3. The number of nitrogens with zero attached hydrogens (tertiary/aromatic N) is 2. The molecule has 0 aromatic carbocycles. The van der Waals surface area contributed by atoms with Crippen LogP contribution in [0.1, 0.15) is 32.6 Å². The molecule has 0 spiro atoms. The molecule has 1 aliphatic heterocycles. The Bertz CT molecular complexity index is 315. The van der Waals surface area contributed by atoms with Gasteiger partial charge in [0.2, 0.25) is 5.91 Å². The number of β-amino-alcohol motifs (C(OH)–C–C–N with tert-alkyl or cyclic N) is 1. The molecule has 0 aromatic heterocycles. The van der Waals surface area contributed by atoms with Crippen LogP contribution in [0.5, 0.6) is 0 Å². The molecule has 2 aliphatic rings. The van der Waals surface area contributed by atoms with Crippen molar-refractivity contribution in [3.63, 3.8) is 0 Å². The molecule has 1 aliphatic carbocycles. The Morgan fingerprint density at radius 1 is 1.65 bits per heavy atom. The highest BCUT2D eigenvalue weighted by Crippen LogP contribution is 2.21. The summed E-state index contributed by atoms with van der Waals surface area (Å²) in [5, 5.41) is 9.44. The minimum Gasteiger partial charge on any atom is -0.392 e. The number of carbonyl (C=O) groups excluding carboxylic acids is 1. The summed E-state index contributed by atoms with van der Waals surface area (Å²) in [6.07, 6.45) is 6.02. The summed E-state index contributed by atoms with van der Waals surface area (Å²) in [5.74, 6) is 0.176. The fourth-order valence-corrected chi connectivity index (χ4v) is 2.67. The van der Waals surface area contributed by atoms with Crippen LogP contribution in [-0.4, -0.2) is 53.1 Å². The van der Waals surface area contributed by atoms with Crippen LogP contribution in [0.25, 0.3) is 0 Å². The normalized spacial score (nSPS) is 25.1. The van der Waals surface area contributed by atoms with Crippen molar-refractivity contribution in [2.75, 3.05) is 26.2 Å². The summed E-state index contributed by atoms with van der Waals surface area (Å²) in [7, 11) is 0. The van der Waals surface area contributed by atoms with E-state index < -0.39 is 0 Å². The lowest BCUT2D eigenvalue weighted by atomic mass is 10.3. The molecule has 0 aromatic rings. The van der Waals surface area contributed by atoms with Crippen LogP contribution in [0, 0.1) is 0 Å². The van der Waals surface area contributed by atoms with Crippen molar-refractivity contribution in [2.45, 2.75) is 38.7 Å². The second kappa shape index (κ2) is 5.65. The zero-order valence-corrected chi connectivity index (χ0v) is 10.6. The number of aliphatic hydroxyl groups excluding tert-OH is 1. The van der Waals surface area contributed by atoms with Crippen LogP contribution >= 0.6 is 0 Å². The van der Waals surface area contributed by atoms with Gasteiger partial charge < -0.3 is 10.0 Å². The molecular weight excluding hydrogens is 216 g/mol. The molecule has 1 fully saturated rings. The summed E-state index contributed by atoms with van der Waals surface area (Å²) in [4.78, 5) is 16.1. The van der Waals surface area contributed by atoms with Crippen LogP contribution in [0.15, 0.2) is 11.8 Å². The van der Waals surface area contributed by atoms with E-state index in [9.17, 15) is 9.90 Å². The molecule has 17 heavy (non-hydrogen) atoms. The van der Waals surface area contributed by atoms with Gasteiger partial charge in [-0.1, -0.05) is 6.08 Å². The third-order valence-electron chi connectivity index (χ3n) is 3.59. The quantitative estimate of drug-likeness (QED) is 0.793. The van der Waals surface area contributed by atoms with Gasteiger partial charge in [0.25, 0.3) is 0 Å². The summed E-state index contributed by atoms with van der Waals surface area (Å²) in [6, 6.07) is 0. The minimum absolute atomic E-state index is 0.176. The molecule has 0 radical (unpaired) electrons. The van der Waals surface area contributed by atoms with Gasteiger partial charge in [0.05, 0.1) is 12.6 Å². The molecule has 1 heterocycles. The van der Waals surface area contributed by atoms with E-state index >= 15 is 0 Å². The maximum absolute atomic E-state index is 12.2. The predicted molar refractivity (Wildman–Crippen MR) is 66.4 cm³/mol. The van der Waals surface area contributed by atoms with E-state index in [2.05, 4.69) is 6.08 Å². The Balaban J connectivity index is 1.89. The first-order valence-corrected chi connectivity index (χ1v) is 6.60. The molecule has 0 bridgehead atoms. The largest absolute Gasteiger partial charge is 0.392 e. The van der Waals surface area contributed by atoms with Gasteiger partial charge in [0.1, 0.15) is 0 Å². The zero-order chi connectivity index (χ0) is 12.3. The molecule has 1 N–H and O–H groups in total. The first-order chi connectivity index (χ1) is 8.20. The SMILES string of the molecule is CCN(C(=O)CN1CC[C@@H](O)C1)C1=CCCC1. The van der Waals surface area contributed by atoms with E-state index in [1.807, 2.05) is 16.7 Å². The topological polar surface area (TPSA) is 43.8 Å². The molecule has 1 saturated heterocycles. The van der Waals surface area contributed by atoms with Gasteiger partial charge in [-0.05, 0) is 32.6 Å². The van der Waals surface area contributed by atoms with Gasteiger partial charge in [0, 0.05) is 25.3 Å². The van der Waals surface area contributed by atoms with Crippen molar-refractivity contribution in [1.82, 2.24) is 9.80 Å². The Hall–Kier alpha value is -0.870. The highest BCUT2D eigenvalue weighted by Gasteiger charge is 2.25. The van der Waals surface area contributed by atoms with Gasteiger partial charge in [-0.2, -0.15) is 0 Å². The second-order valence-corrected chi connectivity index (χ2v) is 4.90. The zero-order valence-electron chi connectivity index (χ0n) is 10.6. The molecule has 2 rings (SSSR count). The van der Waals surface area contributed by atoms with Crippen LogP contribution in [-0.2, 0) is 4.79 Å². The summed E-state index contributed by atoms with van der Waals surface area (Å²) < 4.78 is 0. The van der Waals surface area contributed by atoms with Gasteiger partial charge in [-0.25, -0.2) is 0 Å². The van der Waals surface area contributed by atoms with Gasteiger partial charge >= 0.3 is 0 Å². The van der Waals surface area contributed by atoms with E-state index in [4.69, 9.17) is 0 Å². The fraction of sp³-hybridized carbons (Fsp3) is 0.769. The molecule has 96 valence electrons. The summed E-state index contributed by atoms with van der Waals surface area (Å²) in [6.45, 7) is 4.70. The Morgan fingerprint density at radius 3 is 3.00 bits per heavy atom. The number of aliphatic hydroxyl groups is 1. The van der Waals surface area contributed by atoms with Crippen molar-refractivity contribution >= 4 is 5.91 Å². The second-order valence-electron chi connectivity index (χ2n) is 4.90. The van der Waals surface area contributed by atoms with E-state index in [0.717, 1.165) is 32.4 Å². The number of rotatable bonds is 4. The van der Waals surface area contributed by atoms with Crippen LogP contribution in [0.3, 0.4) is 0 Å². The minimum atomic E-state index is -0.247. The van der Waals surface area contributed by atoms with Crippen molar-refractivity contribution in [2.24, 2.45) is 0 Å². The van der Waals surface area contributed by atoms with E-state index in [0.29, 0.717) is 13.1 Å². The molecule has 4 heteroatoms. The Morgan fingerprint density at radius 2 is 2.47 bits per heavy atom.